The minimum atomic E-state index is -4.54. The second kappa shape index (κ2) is 9.73. The van der Waals surface area contributed by atoms with Gasteiger partial charge in [0.05, 0.1) is 11.6 Å². The number of hydrogen-bond donors (Lipinski definition) is 3. The molecule has 0 unspecified atom stereocenters. The van der Waals surface area contributed by atoms with Crippen LogP contribution in [0.15, 0.2) is 54.9 Å². The van der Waals surface area contributed by atoms with Gasteiger partial charge in [-0.3, -0.25) is 4.79 Å². The van der Waals surface area contributed by atoms with Gasteiger partial charge >= 0.3 is 12.3 Å². The first-order chi connectivity index (χ1) is 16.6. The molecule has 1 fully saturated rings. The first-order valence-electron chi connectivity index (χ1n) is 11.0. The number of amides is 2. The topological polar surface area (TPSA) is 104 Å². The third-order valence-corrected chi connectivity index (χ3v) is 5.85. The second-order valence-corrected chi connectivity index (χ2v) is 8.45. The van der Waals surface area contributed by atoms with Gasteiger partial charge in [-0.25, -0.2) is 14.8 Å². The van der Waals surface area contributed by atoms with E-state index in [0.29, 0.717) is 17.0 Å². The Morgan fingerprint density at radius 3 is 2.43 bits per heavy atom. The molecule has 3 N–H and O–H groups in total. The van der Waals surface area contributed by atoms with Crippen molar-refractivity contribution in [2.45, 2.75) is 44.4 Å². The summed E-state index contributed by atoms with van der Waals surface area (Å²) in [6.45, 7) is 1.65. The molecule has 2 amide bonds. The van der Waals surface area contributed by atoms with Crippen molar-refractivity contribution in [3.05, 3.63) is 82.9 Å². The summed E-state index contributed by atoms with van der Waals surface area (Å²) in [7, 11) is 0. The molecule has 0 spiro atoms. The Morgan fingerprint density at radius 1 is 1.09 bits per heavy atom. The molecule has 1 aliphatic carbocycles. The average Bonchev–Trinajstić information content (AvgIpc) is 3.68. The van der Waals surface area contributed by atoms with E-state index in [-0.39, 0.29) is 29.8 Å². The summed E-state index contributed by atoms with van der Waals surface area (Å²) in [5.41, 5.74) is 2.23. The highest BCUT2D eigenvalue weighted by molar-refractivity contribution is 5.92. The standard InChI is InChI=1S/C25H23F3N4O3/c1-14(32-23(33)22-11-21(17-6-7-17)30-13-31-22)15-2-4-16(5-3-15)20-10-19(25(26,27)28)9-8-18(20)12-29-24(34)35/h2-5,8-11,13-14,17,29H,6-7,12H2,1H3,(H,32,33)(H,34,35)/t14-/m1/s1. The summed E-state index contributed by atoms with van der Waals surface area (Å²) in [6, 6.07) is 11.2. The molecule has 10 heteroatoms. The number of hydrogen-bond acceptors (Lipinski definition) is 4. The van der Waals surface area contributed by atoms with Gasteiger partial charge in [-0.15, -0.1) is 0 Å². The average molecular weight is 484 g/mol. The van der Waals surface area contributed by atoms with Gasteiger partial charge in [-0.05, 0) is 60.2 Å². The Hall–Kier alpha value is -3.95. The molecule has 1 saturated carbocycles. The fourth-order valence-corrected chi connectivity index (χ4v) is 3.75. The minimum Gasteiger partial charge on any atom is -0.465 e. The fraction of sp³-hybridized carbons (Fsp3) is 0.280. The Kier molecular flexibility index (Phi) is 6.72. The first-order valence-corrected chi connectivity index (χ1v) is 11.0. The highest BCUT2D eigenvalue weighted by atomic mass is 19.4. The van der Waals surface area contributed by atoms with Crippen LogP contribution in [0.2, 0.25) is 0 Å². The summed E-state index contributed by atoms with van der Waals surface area (Å²) < 4.78 is 39.8. The van der Waals surface area contributed by atoms with Crippen LogP contribution in [-0.2, 0) is 12.7 Å². The number of halogens is 3. The Balaban J connectivity index is 1.53. The third kappa shape index (κ3) is 5.95. The van der Waals surface area contributed by atoms with Crippen molar-refractivity contribution in [1.29, 1.82) is 0 Å². The van der Waals surface area contributed by atoms with E-state index in [1.807, 2.05) is 0 Å². The van der Waals surface area contributed by atoms with Crippen molar-refractivity contribution in [3.63, 3.8) is 0 Å². The number of aromatic nitrogens is 2. The van der Waals surface area contributed by atoms with E-state index in [4.69, 9.17) is 5.11 Å². The Morgan fingerprint density at radius 2 is 1.80 bits per heavy atom. The number of nitrogens with zero attached hydrogens (tertiary/aromatic N) is 2. The number of nitrogens with one attached hydrogen (secondary N) is 2. The summed E-state index contributed by atoms with van der Waals surface area (Å²) in [6.07, 6.45) is -2.31. The summed E-state index contributed by atoms with van der Waals surface area (Å²) in [4.78, 5) is 31.8. The third-order valence-electron chi connectivity index (χ3n) is 5.85. The molecule has 1 aliphatic rings. The highest BCUT2D eigenvalue weighted by Crippen LogP contribution is 2.39. The first kappa shape index (κ1) is 24.2. The Bertz CT molecular complexity index is 1240. The van der Waals surface area contributed by atoms with Crippen LogP contribution in [0.5, 0.6) is 0 Å². The van der Waals surface area contributed by atoms with Gasteiger partial charge in [0.1, 0.15) is 12.0 Å². The van der Waals surface area contributed by atoms with E-state index in [1.165, 1.54) is 12.4 Å². The molecule has 2 aromatic carbocycles. The molecule has 35 heavy (non-hydrogen) atoms. The van der Waals surface area contributed by atoms with Gasteiger partial charge < -0.3 is 15.7 Å². The van der Waals surface area contributed by atoms with E-state index >= 15 is 0 Å². The van der Waals surface area contributed by atoms with Crippen LogP contribution in [0.1, 0.15) is 64.6 Å². The number of carboxylic acid groups (broad SMARTS) is 1. The lowest BCUT2D eigenvalue weighted by Crippen LogP contribution is -2.27. The van der Waals surface area contributed by atoms with Crippen LogP contribution in [0, 0.1) is 0 Å². The van der Waals surface area contributed by atoms with Gasteiger partial charge in [0.15, 0.2) is 0 Å². The van der Waals surface area contributed by atoms with E-state index in [9.17, 15) is 22.8 Å². The zero-order valence-electron chi connectivity index (χ0n) is 18.8. The van der Waals surface area contributed by atoms with Gasteiger partial charge in [-0.1, -0.05) is 30.3 Å². The number of carbonyl (C=O) groups excluding carboxylic acids is 1. The Labute approximate surface area is 199 Å². The maximum Gasteiger partial charge on any atom is 0.416 e. The SMILES string of the molecule is C[C@@H](NC(=O)c1cc(C2CC2)ncn1)c1ccc(-c2cc(C(F)(F)F)ccc2CNC(=O)O)cc1. The fourth-order valence-electron chi connectivity index (χ4n) is 3.75. The molecule has 1 atom stereocenters. The monoisotopic (exact) mass is 484 g/mol. The maximum atomic E-state index is 13.3. The number of carbonyl (C=O) groups is 2. The van der Waals surface area contributed by atoms with Crippen molar-refractivity contribution in [3.8, 4) is 11.1 Å². The quantitative estimate of drug-likeness (QED) is 0.422. The van der Waals surface area contributed by atoms with Gasteiger partial charge in [0.25, 0.3) is 5.91 Å². The van der Waals surface area contributed by atoms with Crippen molar-refractivity contribution >= 4 is 12.0 Å². The summed E-state index contributed by atoms with van der Waals surface area (Å²) >= 11 is 0. The highest BCUT2D eigenvalue weighted by Gasteiger charge is 2.31. The van der Waals surface area contributed by atoms with Crippen LogP contribution in [0.25, 0.3) is 11.1 Å². The molecule has 1 heterocycles. The zero-order chi connectivity index (χ0) is 25.2. The van der Waals surface area contributed by atoms with Crippen LogP contribution in [0.3, 0.4) is 0 Å². The van der Waals surface area contributed by atoms with Crippen molar-refractivity contribution in [2.24, 2.45) is 0 Å². The molecule has 4 rings (SSSR count). The van der Waals surface area contributed by atoms with E-state index in [0.717, 1.165) is 36.2 Å². The summed E-state index contributed by atoms with van der Waals surface area (Å²) in [5, 5.41) is 14.0. The minimum absolute atomic E-state index is 0.140. The normalized spacial score (nSPS) is 14.3. The predicted molar refractivity (Wildman–Crippen MR) is 122 cm³/mol. The molecule has 3 aromatic rings. The smallest absolute Gasteiger partial charge is 0.416 e. The zero-order valence-corrected chi connectivity index (χ0v) is 18.8. The molecule has 0 radical (unpaired) electrons. The lowest BCUT2D eigenvalue weighted by atomic mass is 9.95. The van der Waals surface area contributed by atoms with Crippen molar-refractivity contribution in [1.82, 2.24) is 20.6 Å². The lowest BCUT2D eigenvalue weighted by molar-refractivity contribution is -0.137. The van der Waals surface area contributed by atoms with Crippen LogP contribution in [-0.4, -0.2) is 27.1 Å². The van der Waals surface area contributed by atoms with Gasteiger partial charge in [-0.2, -0.15) is 13.2 Å². The van der Waals surface area contributed by atoms with Crippen molar-refractivity contribution < 1.29 is 27.9 Å². The molecule has 0 aliphatic heterocycles. The second-order valence-electron chi connectivity index (χ2n) is 8.45. The van der Waals surface area contributed by atoms with Crippen LogP contribution < -0.4 is 10.6 Å². The van der Waals surface area contributed by atoms with E-state index < -0.39 is 17.8 Å². The molecular weight excluding hydrogens is 461 g/mol. The van der Waals surface area contributed by atoms with Crippen molar-refractivity contribution in [2.75, 3.05) is 0 Å². The summed E-state index contributed by atoms with van der Waals surface area (Å²) in [5.74, 6) is 0.0479. The van der Waals surface area contributed by atoms with E-state index in [2.05, 4.69) is 20.6 Å². The largest absolute Gasteiger partial charge is 0.465 e. The number of rotatable bonds is 7. The molecule has 0 saturated heterocycles. The molecule has 1 aromatic heterocycles. The molecular formula is C25H23F3N4O3. The van der Waals surface area contributed by atoms with Gasteiger partial charge in [0, 0.05) is 18.2 Å². The predicted octanol–water partition coefficient (Wildman–Crippen LogP) is 5.30. The number of benzene rings is 2. The molecule has 7 nitrogen and oxygen atoms in total. The van der Waals surface area contributed by atoms with Crippen LogP contribution in [0.4, 0.5) is 18.0 Å². The van der Waals surface area contributed by atoms with Crippen LogP contribution >= 0.6 is 0 Å². The van der Waals surface area contributed by atoms with E-state index in [1.54, 1.807) is 37.3 Å². The maximum absolute atomic E-state index is 13.3. The molecule has 0 bridgehead atoms. The number of alkyl halides is 3. The molecule has 182 valence electrons. The van der Waals surface area contributed by atoms with Gasteiger partial charge in [0.2, 0.25) is 0 Å². The lowest BCUT2D eigenvalue weighted by Gasteiger charge is -2.17.